The Labute approximate surface area is 143 Å². The SMILES string of the molecule is Cc1cc([N+](=O)[O-])cc([C@]23CO[C@H](C(F)(F)F)[C@H]2CSC(N)=N3)c1F. The normalized spacial score (nSPS) is 29.2. The molecular weight excluding hydrogens is 366 g/mol. The van der Waals surface area contributed by atoms with Crippen molar-refractivity contribution in [3.8, 4) is 0 Å². The average molecular weight is 379 g/mol. The summed E-state index contributed by atoms with van der Waals surface area (Å²) in [6.07, 6.45) is -6.81. The van der Waals surface area contributed by atoms with Crippen LogP contribution in [0.2, 0.25) is 0 Å². The summed E-state index contributed by atoms with van der Waals surface area (Å²) in [5.74, 6) is -2.16. The minimum atomic E-state index is -4.67. The summed E-state index contributed by atoms with van der Waals surface area (Å²) >= 11 is 0.920. The molecule has 1 aromatic carbocycles. The zero-order chi connectivity index (χ0) is 18.6. The van der Waals surface area contributed by atoms with Crippen LogP contribution in [0.15, 0.2) is 17.1 Å². The number of alkyl halides is 3. The van der Waals surface area contributed by atoms with Crippen LogP contribution in [0.5, 0.6) is 0 Å². The molecule has 0 amide bonds. The third-order valence-corrected chi connectivity index (χ3v) is 5.33. The van der Waals surface area contributed by atoms with E-state index < -0.39 is 46.8 Å². The second kappa shape index (κ2) is 5.84. The lowest BCUT2D eigenvalue weighted by Crippen LogP contribution is -2.46. The first kappa shape index (κ1) is 17.9. The Bertz CT molecular complexity index is 770. The number of nitrogens with zero attached hydrogens (tertiary/aromatic N) is 2. The van der Waals surface area contributed by atoms with Crippen LogP contribution in [-0.4, -0.2) is 34.7 Å². The molecule has 25 heavy (non-hydrogen) atoms. The number of non-ortho nitro benzene ring substituents is 1. The topological polar surface area (TPSA) is 90.8 Å². The first-order valence-corrected chi connectivity index (χ1v) is 8.16. The van der Waals surface area contributed by atoms with E-state index in [-0.39, 0.29) is 22.0 Å². The number of benzene rings is 1. The number of ether oxygens (including phenoxy) is 1. The van der Waals surface area contributed by atoms with Gasteiger partial charge in [-0.3, -0.25) is 10.1 Å². The molecule has 11 heteroatoms. The number of aliphatic imine (C=N–C) groups is 1. The smallest absolute Gasteiger partial charge is 0.379 e. The molecular formula is C14H13F4N3O3S. The van der Waals surface area contributed by atoms with Gasteiger partial charge in [0, 0.05) is 29.4 Å². The lowest BCUT2D eigenvalue weighted by molar-refractivity contribution is -0.385. The number of hydrogen-bond donors (Lipinski definition) is 1. The Morgan fingerprint density at radius 1 is 1.48 bits per heavy atom. The van der Waals surface area contributed by atoms with E-state index in [4.69, 9.17) is 10.5 Å². The molecule has 0 unspecified atom stereocenters. The molecule has 1 saturated heterocycles. The number of amidine groups is 1. The van der Waals surface area contributed by atoms with Crippen molar-refractivity contribution in [3.05, 3.63) is 39.2 Å². The second-order valence-electron chi connectivity index (χ2n) is 5.95. The molecule has 2 N–H and O–H groups in total. The van der Waals surface area contributed by atoms with E-state index in [2.05, 4.69) is 4.99 Å². The third-order valence-electron chi connectivity index (χ3n) is 4.42. The number of nitro benzene ring substituents is 1. The molecule has 3 rings (SSSR count). The average Bonchev–Trinajstić information content (AvgIpc) is 2.89. The molecule has 6 nitrogen and oxygen atoms in total. The summed E-state index contributed by atoms with van der Waals surface area (Å²) in [5.41, 5.74) is 3.16. The number of halogens is 4. The van der Waals surface area contributed by atoms with Crippen LogP contribution in [0.25, 0.3) is 0 Å². The van der Waals surface area contributed by atoms with Gasteiger partial charge >= 0.3 is 6.18 Å². The van der Waals surface area contributed by atoms with Gasteiger partial charge in [0.2, 0.25) is 0 Å². The van der Waals surface area contributed by atoms with E-state index in [1.165, 1.54) is 6.92 Å². The predicted octanol–water partition coefficient (Wildman–Crippen LogP) is 2.88. The van der Waals surface area contributed by atoms with Gasteiger partial charge in [-0.1, -0.05) is 11.8 Å². The van der Waals surface area contributed by atoms with Crippen molar-refractivity contribution in [1.82, 2.24) is 0 Å². The molecule has 1 aromatic rings. The van der Waals surface area contributed by atoms with Gasteiger partial charge in [-0.15, -0.1) is 0 Å². The number of aryl methyl sites for hydroxylation is 1. The molecule has 0 saturated carbocycles. The van der Waals surface area contributed by atoms with Crippen LogP contribution in [-0.2, 0) is 10.3 Å². The van der Waals surface area contributed by atoms with Crippen LogP contribution in [0.3, 0.4) is 0 Å². The van der Waals surface area contributed by atoms with Crippen molar-refractivity contribution in [2.24, 2.45) is 16.6 Å². The number of nitro groups is 1. The Hall–Kier alpha value is -1.88. The van der Waals surface area contributed by atoms with Crippen molar-refractivity contribution >= 4 is 22.6 Å². The molecule has 0 radical (unpaired) electrons. The highest BCUT2D eigenvalue weighted by Crippen LogP contribution is 2.52. The first-order chi connectivity index (χ1) is 11.6. The highest BCUT2D eigenvalue weighted by atomic mass is 32.2. The number of hydrogen-bond acceptors (Lipinski definition) is 6. The van der Waals surface area contributed by atoms with E-state index in [0.717, 1.165) is 23.9 Å². The number of fused-ring (bicyclic) bond motifs is 1. The lowest BCUT2D eigenvalue weighted by atomic mass is 9.78. The van der Waals surface area contributed by atoms with Crippen LogP contribution < -0.4 is 5.73 Å². The van der Waals surface area contributed by atoms with Gasteiger partial charge in [0.05, 0.1) is 11.5 Å². The quantitative estimate of drug-likeness (QED) is 0.485. The maximum atomic E-state index is 14.7. The van der Waals surface area contributed by atoms with Crippen molar-refractivity contribution in [2.75, 3.05) is 12.4 Å². The molecule has 1 fully saturated rings. The predicted molar refractivity (Wildman–Crippen MR) is 82.8 cm³/mol. The molecule has 2 heterocycles. The Morgan fingerprint density at radius 3 is 2.76 bits per heavy atom. The standard InChI is InChI=1S/C14H13F4N3O3S/c1-6-2-7(21(22)23)3-8(10(6)15)13-5-24-11(14(16,17)18)9(13)4-25-12(19)20-13/h2-3,9,11H,4-5H2,1H3,(H2,19,20)/t9-,11+,13-/m1/s1. The number of rotatable bonds is 2. The van der Waals surface area contributed by atoms with Gasteiger partial charge in [-0.05, 0) is 12.5 Å². The van der Waals surface area contributed by atoms with Gasteiger partial charge in [0.25, 0.3) is 5.69 Å². The summed E-state index contributed by atoms with van der Waals surface area (Å²) in [6.45, 7) is 0.750. The summed E-state index contributed by atoms with van der Waals surface area (Å²) in [5, 5.41) is 11.1. The van der Waals surface area contributed by atoms with E-state index in [1.807, 2.05) is 0 Å². The molecule has 0 spiro atoms. The highest BCUT2D eigenvalue weighted by molar-refractivity contribution is 8.13. The van der Waals surface area contributed by atoms with Gasteiger partial charge in [0.15, 0.2) is 11.3 Å². The zero-order valence-electron chi connectivity index (χ0n) is 12.8. The summed E-state index contributed by atoms with van der Waals surface area (Å²) in [6, 6.07) is 1.94. The number of thioether (sulfide) groups is 1. The Kier molecular flexibility index (Phi) is 4.18. The zero-order valence-corrected chi connectivity index (χ0v) is 13.7. The fraction of sp³-hybridized carbons (Fsp3) is 0.500. The maximum Gasteiger partial charge on any atom is 0.415 e. The molecule has 2 aliphatic rings. The largest absolute Gasteiger partial charge is 0.415 e. The van der Waals surface area contributed by atoms with Crippen molar-refractivity contribution in [3.63, 3.8) is 0 Å². The summed E-state index contributed by atoms with van der Waals surface area (Å²) in [7, 11) is 0. The summed E-state index contributed by atoms with van der Waals surface area (Å²) in [4.78, 5) is 14.4. The molecule has 0 bridgehead atoms. The van der Waals surface area contributed by atoms with Crippen molar-refractivity contribution in [1.29, 1.82) is 0 Å². The van der Waals surface area contributed by atoms with Crippen molar-refractivity contribution in [2.45, 2.75) is 24.7 Å². The van der Waals surface area contributed by atoms with E-state index in [9.17, 15) is 27.7 Å². The fourth-order valence-corrected chi connectivity index (χ4v) is 4.29. The molecule has 0 aromatic heterocycles. The maximum absolute atomic E-state index is 14.7. The van der Waals surface area contributed by atoms with Gasteiger partial charge < -0.3 is 10.5 Å². The minimum Gasteiger partial charge on any atom is -0.379 e. The Morgan fingerprint density at radius 2 is 2.16 bits per heavy atom. The van der Waals surface area contributed by atoms with E-state index in [0.29, 0.717) is 0 Å². The van der Waals surface area contributed by atoms with Crippen molar-refractivity contribution < 1.29 is 27.2 Å². The van der Waals surface area contributed by atoms with E-state index in [1.54, 1.807) is 0 Å². The number of nitrogens with two attached hydrogens (primary N) is 1. The highest BCUT2D eigenvalue weighted by Gasteiger charge is 2.62. The second-order valence-corrected chi connectivity index (χ2v) is 6.99. The van der Waals surface area contributed by atoms with Gasteiger partial charge in [-0.2, -0.15) is 13.2 Å². The molecule has 3 atom stereocenters. The fourth-order valence-electron chi connectivity index (χ4n) is 3.27. The first-order valence-electron chi connectivity index (χ1n) is 7.17. The third kappa shape index (κ3) is 2.84. The van der Waals surface area contributed by atoms with E-state index >= 15 is 0 Å². The van der Waals surface area contributed by atoms with Gasteiger partial charge in [-0.25, -0.2) is 9.38 Å². The molecule has 0 aliphatic carbocycles. The van der Waals surface area contributed by atoms with Gasteiger partial charge in [0.1, 0.15) is 11.4 Å². The summed E-state index contributed by atoms with van der Waals surface area (Å²) < 4.78 is 59.5. The van der Waals surface area contributed by atoms with Crippen LogP contribution in [0.4, 0.5) is 23.2 Å². The molecule has 136 valence electrons. The Balaban J connectivity index is 2.22. The van der Waals surface area contributed by atoms with Crippen LogP contribution >= 0.6 is 11.8 Å². The molecule has 2 aliphatic heterocycles. The minimum absolute atomic E-state index is 0.00812. The van der Waals surface area contributed by atoms with Crippen LogP contribution in [0, 0.1) is 28.8 Å². The monoisotopic (exact) mass is 379 g/mol. The van der Waals surface area contributed by atoms with Crippen LogP contribution in [0.1, 0.15) is 11.1 Å². The lowest BCUT2D eigenvalue weighted by Gasteiger charge is -2.36.